The van der Waals surface area contributed by atoms with Crippen molar-refractivity contribution in [3.8, 4) is 0 Å². The van der Waals surface area contributed by atoms with Crippen molar-refractivity contribution in [3.63, 3.8) is 0 Å². The predicted octanol–water partition coefficient (Wildman–Crippen LogP) is 0.866. The summed E-state index contributed by atoms with van der Waals surface area (Å²) in [6.45, 7) is 2.07. The lowest BCUT2D eigenvalue weighted by molar-refractivity contribution is -0.134. The summed E-state index contributed by atoms with van der Waals surface area (Å²) in [6.07, 6.45) is 5.59. The molecule has 142 valence electrons. The van der Waals surface area contributed by atoms with Gasteiger partial charge in [0, 0.05) is 19.3 Å². The predicted molar refractivity (Wildman–Crippen MR) is 100 cm³/mol. The van der Waals surface area contributed by atoms with Crippen molar-refractivity contribution in [2.24, 2.45) is 0 Å². The molecule has 25 heavy (non-hydrogen) atoms. The Kier molecular flexibility index (Phi) is 8.78. The highest BCUT2D eigenvalue weighted by Crippen LogP contribution is 2.17. The molecule has 0 aromatic carbocycles. The molecule has 0 spiro atoms. The molecule has 1 aliphatic rings. The number of nitrogens with one attached hydrogen (secondary N) is 1. The second-order valence-corrected chi connectivity index (χ2v) is 8.29. The average Bonchev–Trinajstić information content (AvgIpc) is 2.81. The molecule has 1 N–H and O–H groups in total. The second-order valence-electron chi connectivity index (χ2n) is 6.20. The van der Waals surface area contributed by atoms with Crippen molar-refractivity contribution in [3.05, 3.63) is 30.1 Å². The van der Waals surface area contributed by atoms with Crippen molar-refractivity contribution in [2.75, 3.05) is 32.9 Å². The van der Waals surface area contributed by atoms with Gasteiger partial charge in [0.25, 0.3) is 0 Å². The van der Waals surface area contributed by atoms with Gasteiger partial charge in [-0.15, -0.1) is 12.4 Å². The van der Waals surface area contributed by atoms with Crippen molar-refractivity contribution in [1.82, 2.24) is 19.5 Å². The van der Waals surface area contributed by atoms with E-state index in [2.05, 4.69) is 10.3 Å². The zero-order valence-corrected chi connectivity index (χ0v) is 16.4. The summed E-state index contributed by atoms with van der Waals surface area (Å²) in [5.74, 6) is -0.180. The minimum atomic E-state index is -3.38. The van der Waals surface area contributed by atoms with Crippen LogP contribution in [0.2, 0.25) is 0 Å². The third kappa shape index (κ3) is 6.89. The van der Waals surface area contributed by atoms with Gasteiger partial charge in [-0.2, -0.15) is 4.31 Å². The number of carbonyl (C=O) groups excluding carboxylic acids is 1. The standard InChI is InChI=1S/C16H26N4O3S.ClH/c1-19(24(2,22)23)13-16(21)20(12-14-6-3-4-10-18-14)15-7-5-9-17-11-8-15;/h3-4,6,10,15,17H,5,7-9,11-13H2,1-2H3;1H. The maximum Gasteiger partial charge on any atom is 0.238 e. The van der Waals surface area contributed by atoms with Crippen LogP contribution in [0.4, 0.5) is 0 Å². The van der Waals surface area contributed by atoms with Crippen LogP contribution in [-0.2, 0) is 21.4 Å². The Morgan fingerprint density at radius 2 is 2.08 bits per heavy atom. The lowest BCUT2D eigenvalue weighted by Gasteiger charge is -2.32. The molecular weight excluding hydrogens is 364 g/mol. The summed E-state index contributed by atoms with van der Waals surface area (Å²) in [4.78, 5) is 18.9. The van der Waals surface area contributed by atoms with E-state index in [0.717, 1.165) is 48.6 Å². The molecule has 2 heterocycles. The zero-order valence-electron chi connectivity index (χ0n) is 14.7. The van der Waals surface area contributed by atoms with E-state index < -0.39 is 10.0 Å². The largest absolute Gasteiger partial charge is 0.333 e. The first-order valence-electron chi connectivity index (χ1n) is 8.19. The maximum atomic E-state index is 12.8. The van der Waals surface area contributed by atoms with Crippen molar-refractivity contribution in [1.29, 1.82) is 0 Å². The molecule has 1 aromatic rings. The third-order valence-corrected chi connectivity index (χ3v) is 5.55. The summed E-state index contributed by atoms with van der Waals surface area (Å²) in [7, 11) is -1.95. The molecule has 1 saturated heterocycles. The number of hydrogen-bond acceptors (Lipinski definition) is 5. The molecular formula is C16H27ClN4O3S. The molecule has 1 aliphatic heterocycles. The van der Waals surface area contributed by atoms with Gasteiger partial charge in [-0.25, -0.2) is 8.42 Å². The van der Waals surface area contributed by atoms with E-state index >= 15 is 0 Å². The van der Waals surface area contributed by atoms with Crippen LogP contribution in [0.1, 0.15) is 25.0 Å². The Balaban J connectivity index is 0.00000312. The second kappa shape index (κ2) is 10.1. The van der Waals surface area contributed by atoms with E-state index in [0.29, 0.717) is 6.54 Å². The molecule has 1 amide bonds. The summed E-state index contributed by atoms with van der Waals surface area (Å²) in [5.41, 5.74) is 0.810. The fourth-order valence-corrected chi connectivity index (χ4v) is 3.14. The van der Waals surface area contributed by atoms with Gasteiger partial charge in [-0.3, -0.25) is 9.78 Å². The van der Waals surface area contributed by atoms with Crippen LogP contribution in [0.15, 0.2) is 24.4 Å². The van der Waals surface area contributed by atoms with Crippen molar-refractivity contribution in [2.45, 2.75) is 31.8 Å². The smallest absolute Gasteiger partial charge is 0.238 e. The molecule has 0 bridgehead atoms. The number of halogens is 1. The molecule has 0 radical (unpaired) electrons. The van der Waals surface area contributed by atoms with Gasteiger partial charge in [-0.1, -0.05) is 6.07 Å². The summed E-state index contributed by atoms with van der Waals surface area (Å²) in [5, 5.41) is 3.34. The normalized spacial score (nSPS) is 18.3. The Labute approximate surface area is 156 Å². The summed E-state index contributed by atoms with van der Waals surface area (Å²) >= 11 is 0. The lowest BCUT2D eigenvalue weighted by atomic mass is 10.1. The highest BCUT2D eigenvalue weighted by Gasteiger charge is 2.27. The highest BCUT2D eigenvalue weighted by molar-refractivity contribution is 7.88. The van der Waals surface area contributed by atoms with E-state index in [1.165, 1.54) is 7.05 Å². The molecule has 7 nitrogen and oxygen atoms in total. The van der Waals surface area contributed by atoms with Crippen LogP contribution in [0.5, 0.6) is 0 Å². The summed E-state index contributed by atoms with van der Waals surface area (Å²) in [6, 6.07) is 5.71. The van der Waals surface area contributed by atoms with Crippen LogP contribution >= 0.6 is 12.4 Å². The number of pyridine rings is 1. The SMILES string of the molecule is CN(CC(=O)N(Cc1ccccn1)C1CCCNCC1)S(C)(=O)=O.Cl. The van der Waals surface area contributed by atoms with Crippen LogP contribution in [0.3, 0.4) is 0 Å². The molecule has 9 heteroatoms. The summed E-state index contributed by atoms with van der Waals surface area (Å²) < 4.78 is 24.3. The van der Waals surface area contributed by atoms with E-state index in [4.69, 9.17) is 0 Å². The average molecular weight is 391 g/mol. The van der Waals surface area contributed by atoms with Gasteiger partial charge < -0.3 is 10.2 Å². The molecule has 2 rings (SSSR count). The van der Waals surface area contributed by atoms with Gasteiger partial charge in [0.1, 0.15) is 0 Å². The lowest BCUT2D eigenvalue weighted by Crippen LogP contribution is -2.46. The molecule has 0 saturated carbocycles. The molecule has 1 aromatic heterocycles. The number of sulfonamides is 1. The van der Waals surface area contributed by atoms with E-state index in [-0.39, 0.29) is 30.9 Å². The van der Waals surface area contributed by atoms with Crippen molar-refractivity contribution >= 4 is 28.3 Å². The van der Waals surface area contributed by atoms with Crippen LogP contribution in [0, 0.1) is 0 Å². The van der Waals surface area contributed by atoms with E-state index in [9.17, 15) is 13.2 Å². The fourth-order valence-electron chi connectivity index (χ4n) is 2.80. The highest BCUT2D eigenvalue weighted by atomic mass is 35.5. The Hall–Kier alpha value is -1.22. The van der Waals surface area contributed by atoms with E-state index in [1.54, 1.807) is 11.1 Å². The first-order chi connectivity index (χ1) is 11.4. The maximum absolute atomic E-state index is 12.8. The number of amides is 1. The number of rotatable bonds is 6. The number of nitrogens with zero attached hydrogens (tertiary/aromatic N) is 3. The number of likely N-dealkylation sites (N-methyl/N-ethyl adjacent to an activating group) is 1. The van der Waals surface area contributed by atoms with Crippen LogP contribution < -0.4 is 5.32 Å². The number of aromatic nitrogens is 1. The van der Waals surface area contributed by atoms with Gasteiger partial charge in [0.05, 0.1) is 25.0 Å². The number of hydrogen-bond donors (Lipinski definition) is 1. The molecule has 1 unspecified atom stereocenters. The van der Waals surface area contributed by atoms with Gasteiger partial charge in [-0.05, 0) is 44.5 Å². The third-order valence-electron chi connectivity index (χ3n) is 4.29. The molecule has 1 atom stereocenters. The minimum absolute atomic E-state index is 0. The zero-order chi connectivity index (χ0) is 17.6. The topological polar surface area (TPSA) is 82.6 Å². The minimum Gasteiger partial charge on any atom is -0.333 e. The first kappa shape index (κ1) is 21.8. The Morgan fingerprint density at radius 3 is 2.72 bits per heavy atom. The molecule has 1 fully saturated rings. The first-order valence-corrected chi connectivity index (χ1v) is 10.0. The van der Waals surface area contributed by atoms with Crippen LogP contribution in [-0.4, -0.2) is 67.5 Å². The Bertz CT molecular complexity index is 634. The van der Waals surface area contributed by atoms with Crippen molar-refractivity contribution < 1.29 is 13.2 Å². The van der Waals surface area contributed by atoms with Gasteiger partial charge >= 0.3 is 0 Å². The van der Waals surface area contributed by atoms with Crippen LogP contribution in [0.25, 0.3) is 0 Å². The monoisotopic (exact) mass is 390 g/mol. The number of carbonyl (C=O) groups is 1. The molecule has 0 aliphatic carbocycles. The van der Waals surface area contributed by atoms with Gasteiger partial charge in [0.2, 0.25) is 15.9 Å². The van der Waals surface area contributed by atoms with E-state index in [1.807, 2.05) is 18.2 Å². The Morgan fingerprint density at radius 1 is 1.32 bits per heavy atom. The quantitative estimate of drug-likeness (QED) is 0.779. The van der Waals surface area contributed by atoms with Gasteiger partial charge in [0.15, 0.2) is 0 Å². The fraction of sp³-hybridized carbons (Fsp3) is 0.625.